The maximum absolute atomic E-state index is 6.40. The number of benzene rings is 4. The van der Waals surface area contributed by atoms with E-state index in [-0.39, 0.29) is 0 Å². The average molecular weight is 349 g/mol. The first-order chi connectivity index (χ1) is 13.1. The van der Waals surface area contributed by atoms with Crippen LogP contribution in [0.4, 0.5) is 5.69 Å². The van der Waals surface area contributed by atoms with Crippen molar-refractivity contribution in [2.45, 2.75) is 13.8 Å². The van der Waals surface area contributed by atoms with Crippen molar-refractivity contribution in [1.82, 2.24) is 0 Å². The van der Waals surface area contributed by atoms with Crippen molar-refractivity contribution >= 4 is 5.69 Å². The number of anilines is 1. The molecule has 2 N–H and O–H groups in total. The van der Waals surface area contributed by atoms with Gasteiger partial charge in [-0.05, 0) is 47.7 Å². The summed E-state index contributed by atoms with van der Waals surface area (Å²) in [6.45, 7) is 4.23. The lowest BCUT2D eigenvalue weighted by molar-refractivity contribution is 1.46. The predicted molar refractivity (Wildman–Crippen MR) is 117 cm³/mol. The molecule has 1 nitrogen and oxygen atoms in total. The predicted octanol–water partition coefficient (Wildman–Crippen LogP) is 6.89. The van der Waals surface area contributed by atoms with Gasteiger partial charge >= 0.3 is 0 Å². The summed E-state index contributed by atoms with van der Waals surface area (Å²) >= 11 is 0. The van der Waals surface area contributed by atoms with Gasteiger partial charge in [-0.15, -0.1) is 0 Å². The number of hydrogen-bond donors (Lipinski definition) is 1. The number of rotatable bonds is 3. The number of nitrogen functional groups attached to an aromatic ring is 1. The third kappa shape index (κ3) is 3.63. The fraction of sp³-hybridized carbons (Fsp3) is 0.0769. The van der Waals surface area contributed by atoms with Gasteiger partial charge in [0.25, 0.3) is 0 Å². The van der Waals surface area contributed by atoms with Crippen LogP contribution in [-0.2, 0) is 0 Å². The van der Waals surface area contributed by atoms with Gasteiger partial charge in [-0.3, -0.25) is 0 Å². The van der Waals surface area contributed by atoms with E-state index in [4.69, 9.17) is 5.73 Å². The van der Waals surface area contributed by atoms with E-state index in [1.807, 2.05) is 0 Å². The molecule has 0 bridgehead atoms. The molecule has 0 spiro atoms. The summed E-state index contributed by atoms with van der Waals surface area (Å²) in [5.41, 5.74) is 16.7. The maximum Gasteiger partial charge on any atom is 0.0399 e. The minimum atomic E-state index is 0.803. The first-order valence-electron chi connectivity index (χ1n) is 9.24. The SMILES string of the molecule is Cc1cccc(-c2ccc(-c3ccc(-c4cccc(C)c4)cc3N)cc2)c1. The zero-order chi connectivity index (χ0) is 18.8. The molecule has 0 aromatic heterocycles. The Balaban J connectivity index is 1.65. The van der Waals surface area contributed by atoms with Crippen molar-refractivity contribution in [2.24, 2.45) is 0 Å². The van der Waals surface area contributed by atoms with Gasteiger partial charge in [-0.2, -0.15) is 0 Å². The zero-order valence-electron chi connectivity index (χ0n) is 15.7. The Hall–Kier alpha value is -3.32. The van der Waals surface area contributed by atoms with Gasteiger partial charge in [0.15, 0.2) is 0 Å². The Morgan fingerprint density at radius 3 is 1.52 bits per heavy atom. The molecular weight excluding hydrogens is 326 g/mol. The fourth-order valence-corrected chi connectivity index (χ4v) is 3.50. The average Bonchev–Trinajstić information content (AvgIpc) is 2.68. The van der Waals surface area contributed by atoms with Crippen molar-refractivity contribution in [3.8, 4) is 33.4 Å². The first-order valence-corrected chi connectivity index (χ1v) is 9.24. The topological polar surface area (TPSA) is 26.0 Å². The van der Waals surface area contributed by atoms with Gasteiger partial charge in [-0.1, -0.05) is 96.1 Å². The summed E-state index contributed by atoms with van der Waals surface area (Å²) in [5.74, 6) is 0. The van der Waals surface area contributed by atoms with Crippen LogP contribution >= 0.6 is 0 Å². The molecule has 0 unspecified atom stereocenters. The van der Waals surface area contributed by atoms with Crippen LogP contribution in [0.25, 0.3) is 33.4 Å². The Morgan fingerprint density at radius 1 is 0.481 bits per heavy atom. The second kappa shape index (κ2) is 7.13. The highest BCUT2D eigenvalue weighted by atomic mass is 14.6. The lowest BCUT2D eigenvalue weighted by atomic mass is 9.96. The molecule has 0 atom stereocenters. The van der Waals surface area contributed by atoms with E-state index < -0.39 is 0 Å². The quantitative estimate of drug-likeness (QED) is 0.401. The van der Waals surface area contributed by atoms with Crippen molar-refractivity contribution in [2.75, 3.05) is 5.73 Å². The van der Waals surface area contributed by atoms with Gasteiger partial charge in [0.1, 0.15) is 0 Å². The van der Waals surface area contributed by atoms with Gasteiger partial charge in [0, 0.05) is 11.3 Å². The van der Waals surface area contributed by atoms with E-state index in [1.54, 1.807) is 0 Å². The highest BCUT2D eigenvalue weighted by molar-refractivity contribution is 5.82. The van der Waals surface area contributed by atoms with Crippen LogP contribution < -0.4 is 5.73 Å². The maximum atomic E-state index is 6.40. The van der Waals surface area contributed by atoms with Crippen molar-refractivity contribution < 1.29 is 0 Å². The molecule has 1 heteroatoms. The highest BCUT2D eigenvalue weighted by Gasteiger charge is 2.06. The van der Waals surface area contributed by atoms with Gasteiger partial charge in [0.2, 0.25) is 0 Å². The summed E-state index contributed by atoms with van der Waals surface area (Å²) in [6.07, 6.45) is 0. The summed E-state index contributed by atoms with van der Waals surface area (Å²) in [5, 5.41) is 0. The second-order valence-corrected chi connectivity index (χ2v) is 7.12. The number of aryl methyl sites for hydroxylation is 2. The summed E-state index contributed by atoms with van der Waals surface area (Å²) < 4.78 is 0. The Labute approximate surface area is 161 Å². The van der Waals surface area contributed by atoms with E-state index in [0.29, 0.717) is 0 Å². The van der Waals surface area contributed by atoms with Crippen LogP contribution in [0, 0.1) is 13.8 Å². The van der Waals surface area contributed by atoms with Crippen LogP contribution in [0.3, 0.4) is 0 Å². The molecule has 0 amide bonds. The monoisotopic (exact) mass is 349 g/mol. The fourth-order valence-electron chi connectivity index (χ4n) is 3.50. The molecular formula is C26H23N. The van der Waals surface area contributed by atoms with Gasteiger partial charge in [-0.25, -0.2) is 0 Å². The molecule has 27 heavy (non-hydrogen) atoms. The molecule has 0 saturated heterocycles. The third-order valence-electron chi connectivity index (χ3n) is 4.95. The van der Waals surface area contributed by atoms with Crippen molar-refractivity contribution in [3.05, 3.63) is 102 Å². The number of nitrogens with two attached hydrogens (primary N) is 1. The molecule has 0 radical (unpaired) electrons. The van der Waals surface area contributed by atoms with E-state index in [1.165, 1.54) is 27.8 Å². The van der Waals surface area contributed by atoms with E-state index in [2.05, 4.69) is 105 Å². The van der Waals surface area contributed by atoms with E-state index in [0.717, 1.165) is 22.4 Å². The van der Waals surface area contributed by atoms with E-state index in [9.17, 15) is 0 Å². The molecule has 4 aromatic rings. The second-order valence-electron chi connectivity index (χ2n) is 7.12. The summed E-state index contributed by atoms with van der Waals surface area (Å²) in [4.78, 5) is 0. The van der Waals surface area contributed by atoms with Gasteiger partial charge in [0.05, 0.1) is 0 Å². The Kier molecular flexibility index (Phi) is 4.52. The zero-order valence-corrected chi connectivity index (χ0v) is 15.7. The molecule has 4 rings (SSSR count). The van der Waals surface area contributed by atoms with Crippen LogP contribution in [-0.4, -0.2) is 0 Å². The van der Waals surface area contributed by atoms with Crippen LogP contribution in [0.2, 0.25) is 0 Å². The van der Waals surface area contributed by atoms with Crippen molar-refractivity contribution in [1.29, 1.82) is 0 Å². The van der Waals surface area contributed by atoms with Crippen LogP contribution in [0.5, 0.6) is 0 Å². The smallest absolute Gasteiger partial charge is 0.0399 e. The lowest BCUT2D eigenvalue weighted by Crippen LogP contribution is -1.91. The summed E-state index contributed by atoms with van der Waals surface area (Å²) in [7, 11) is 0. The number of hydrogen-bond acceptors (Lipinski definition) is 1. The molecule has 0 aliphatic heterocycles. The molecule has 4 aromatic carbocycles. The largest absolute Gasteiger partial charge is 0.398 e. The Bertz CT molecular complexity index is 1090. The molecule has 0 aliphatic rings. The standard InChI is InChI=1S/C26H23N/c1-18-5-3-7-22(15-18)20-9-11-21(12-10-20)25-14-13-24(17-26(25)27)23-8-4-6-19(2)16-23/h3-17H,27H2,1-2H3. The van der Waals surface area contributed by atoms with Crippen molar-refractivity contribution in [3.63, 3.8) is 0 Å². The molecule has 0 heterocycles. The first kappa shape index (κ1) is 17.1. The van der Waals surface area contributed by atoms with Crippen LogP contribution in [0.15, 0.2) is 91.0 Å². The van der Waals surface area contributed by atoms with Crippen LogP contribution in [0.1, 0.15) is 11.1 Å². The molecule has 132 valence electrons. The minimum Gasteiger partial charge on any atom is -0.398 e. The van der Waals surface area contributed by atoms with E-state index >= 15 is 0 Å². The third-order valence-corrected chi connectivity index (χ3v) is 4.95. The summed E-state index contributed by atoms with van der Waals surface area (Å²) in [6, 6.07) is 32.0. The lowest BCUT2D eigenvalue weighted by Gasteiger charge is -2.11. The minimum absolute atomic E-state index is 0.803. The molecule has 0 fully saturated rings. The van der Waals surface area contributed by atoms with Gasteiger partial charge < -0.3 is 5.73 Å². The molecule has 0 aliphatic carbocycles. The Morgan fingerprint density at radius 2 is 0.963 bits per heavy atom. The molecule has 0 saturated carbocycles. The normalized spacial score (nSPS) is 10.7. The highest BCUT2D eigenvalue weighted by Crippen LogP contribution is 2.32.